The summed E-state index contributed by atoms with van der Waals surface area (Å²) in [6.07, 6.45) is 1.62. The molecular weight excluding hydrogens is 268 g/mol. The zero-order chi connectivity index (χ0) is 13.9. The molecule has 2 aliphatic rings. The molecule has 4 heteroatoms. The van der Waals surface area contributed by atoms with Gasteiger partial charge in [-0.15, -0.1) is 0 Å². The van der Waals surface area contributed by atoms with Gasteiger partial charge in [-0.1, -0.05) is 31.2 Å². The summed E-state index contributed by atoms with van der Waals surface area (Å²) in [5.74, 6) is 2.93. The minimum atomic E-state index is 0.180. The molecule has 0 saturated carbocycles. The van der Waals surface area contributed by atoms with E-state index < -0.39 is 0 Å². The maximum atomic E-state index is 12.2. The first-order valence-electron chi connectivity index (χ1n) is 7.43. The lowest BCUT2D eigenvalue weighted by Gasteiger charge is -2.23. The summed E-state index contributed by atoms with van der Waals surface area (Å²) in [5, 5.41) is 6.65. The Morgan fingerprint density at radius 3 is 2.95 bits per heavy atom. The molecule has 3 atom stereocenters. The van der Waals surface area contributed by atoms with Crippen LogP contribution in [0.4, 0.5) is 0 Å². The quantitative estimate of drug-likeness (QED) is 0.898. The highest BCUT2D eigenvalue weighted by molar-refractivity contribution is 7.99. The second-order valence-corrected chi connectivity index (χ2v) is 6.97. The van der Waals surface area contributed by atoms with Gasteiger partial charge in [-0.2, -0.15) is 11.8 Å². The van der Waals surface area contributed by atoms with E-state index in [9.17, 15) is 4.79 Å². The number of fused-ring (bicyclic) bond motifs is 1. The van der Waals surface area contributed by atoms with Gasteiger partial charge in [0.2, 0.25) is 5.91 Å². The van der Waals surface area contributed by atoms with Gasteiger partial charge in [0.25, 0.3) is 0 Å². The fourth-order valence-electron chi connectivity index (χ4n) is 3.25. The fraction of sp³-hybridized carbons (Fsp3) is 0.562. The van der Waals surface area contributed by atoms with Crippen LogP contribution in [0, 0.1) is 0 Å². The summed E-state index contributed by atoms with van der Waals surface area (Å²) in [5.41, 5.74) is 2.70. The van der Waals surface area contributed by atoms with Gasteiger partial charge in [-0.25, -0.2) is 0 Å². The van der Waals surface area contributed by atoms with Crippen molar-refractivity contribution in [3.63, 3.8) is 0 Å². The monoisotopic (exact) mass is 290 g/mol. The molecule has 2 N–H and O–H groups in total. The number of amides is 1. The van der Waals surface area contributed by atoms with Crippen molar-refractivity contribution < 1.29 is 4.79 Å². The first kappa shape index (κ1) is 14.0. The molecule has 1 fully saturated rings. The van der Waals surface area contributed by atoms with Crippen molar-refractivity contribution in [2.24, 2.45) is 0 Å². The number of hydrogen-bond donors (Lipinski definition) is 2. The van der Waals surface area contributed by atoms with Crippen molar-refractivity contribution in [3.8, 4) is 0 Å². The standard InChI is InChI=1S/C16H22N2OS/c1-11-8-15(14-5-3-2-4-13(11)14)18-16(19)9-12-10-20-7-6-17-12/h2-5,11-12,15,17H,6-10H2,1H3,(H,18,19)/t11-,12+,15-/m1/s1. The second-order valence-electron chi connectivity index (χ2n) is 5.82. The van der Waals surface area contributed by atoms with E-state index in [0.29, 0.717) is 18.4 Å². The molecule has 1 aromatic carbocycles. The predicted octanol–water partition coefficient (Wildman–Crippen LogP) is 2.45. The van der Waals surface area contributed by atoms with Gasteiger partial charge in [0.1, 0.15) is 0 Å². The third-order valence-corrected chi connectivity index (χ3v) is 5.39. The predicted molar refractivity (Wildman–Crippen MR) is 84.1 cm³/mol. The molecule has 1 aromatic rings. The van der Waals surface area contributed by atoms with E-state index >= 15 is 0 Å². The second kappa shape index (κ2) is 6.19. The lowest BCUT2D eigenvalue weighted by molar-refractivity contribution is -0.122. The van der Waals surface area contributed by atoms with Crippen molar-refractivity contribution in [2.45, 2.75) is 37.8 Å². The van der Waals surface area contributed by atoms with Crippen molar-refractivity contribution >= 4 is 17.7 Å². The van der Waals surface area contributed by atoms with Crippen molar-refractivity contribution in [3.05, 3.63) is 35.4 Å². The minimum Gasteiger partial charge on any atom is -0.349 e. The zero-order valence-corrected chi connectivity index (χ0v) is 12.7. The number of rotatable bonds is 3. The Labute approximate surface area is 124 Å². The lowest BCUT2D eigenvalue weighted by atomic mass is 10.0. The number of carbonyl (C=O) groups is 1. The Kier molecular flexibility index (Phi) is 4.32. The van der Waals surface area contributed by atoms with Crippen LogP contribution in [0.25, 0.3) is 0 Å². The molecule has 3 rings (SSSR count). The number of carbonyl (C=O) groups excluding carboxylic acids is 1. The largest absolute Gasteiger partial charge is 0.349 e. The number of hydrogen-bond acceptors (Lipinski definition) is 3. The Morgan fingerprint density at radius 1 is 1.40 bits per heavy atom. The molecule has 20 heavy (non-hydrogen) atoms. The van der Waals surface area contributed by atoms with Crippen LogP contribution in [0.1, 0.15) is 42.9 Å². The molecule has 108 valence electrons. The molecule has 1 aliphatic heterocycles. The molecule has 1 saturated heterocycles. The van der Waals surface area contributed by atoms with E-state index in [4.69, 9.17) is 0 Å². The van der Waals surface area contributed by atoms with Crippen LogP contribution in [0.2, 0.25) is 0 Å². The summed E-state index contributed by atoms with van der Waals surface area (Å²) in [7, 11) is 0. The summed E-state index contributed by atoms with van der Waals surface area (Å²) in [6, 6.07) is 9.02. The van der Waals surface area contributed by atoms with E-state index in [2.05, 4.69) is 41.8 Å². The van der Waals surface area contributed by atoms with Gasteiger partial charge in [0.15, 0.2) is 0 Å². The first-order chi connectivity index (χ1) is 9.74. The summed E-state index contributed by atoms with van der Waals surface area (Å²) >= 11 is 1.93. The van der Waals surface area contributed by atoms with Crippen LogP contribution >= 0.6 is 11.8 Å². The minimum absolute atomic E-state index is 0.180. The molecular formula is C16H22N2OS. The third-order valence-electron chi connectivity index (χ3n) is 4.26. The molecule has 0 aromatic heterocycles. The molecule has 0 spiro atoms. The van der Waals surface area contributed by atoms with Crippen LogP contribution in [-0.4, -0.2) is 30.0 Å². The van der Waals surface area contributed by atoms with E-state index in [1.807, 2.05) is 11.8 Å². The van der Waals surface area contributed by atoms with Gasteiger partial charge in [-0.05, 0) is 23.5 Å². The Balaban J connectivity index is 1.59. The maximum absolute atomic E-state index is 12.2. The Bertz CT molecular complexity index is 485. The molecule has 3 nitrogen and oxygen atoms in total. The van der Waals surface area contributed by atoms with Crippen molar-refractivity contribution in [1.29, 1.82) is 0 Å². The van der Waals surface area contributed by atoms with Crippen LogP contribution in [0.5, 0.6) is 0 Å². The van der Waals surface area contributed by atoms with E-state index in [0.717, 1.165) is 24.5 Å². The maximum Gasteiger partial charge on any atom is 0.222 e. The highest BCUT2D eigenvalue weighted by Crippen LogP contribution is 2.39. The first-order valence-corrected chi connectivity index (χ1v) is 8.59. The van der Waals surface area contributed by atoms with Gasteiger partial charge in [0.05, 0.1) is 6.04 Å². The lowest BCUT2D eigenvalue weighted by Crippen LogP contribution is -2.41. The van der Waals surface area contributed by atoms with Gasteiger partial charge < -0.3 is 10.6 Å². The average Bonchev–Trinajstić information content (AvgIpc) is 2.77. The van der Waals surface area contributed by atoms with E-state index in [1.165, 1.54) is 11.1 Å². The summed E-state index contributed by atoms with van der Waals surface area (Å²) < 4.78 is 0. The van der Waals surface area contributed by atoms with Crippen LogP contribution in [0.3, 0.4) is 0 Å². The van der Waals surface area contributed by atoms with Gasteiger partial charge >= 0.3 is 0 Å². The van der Waals surface area contributed by atoms with Crippen LogP contribution in [0.15, 0.2) is 24.3 Å². The normalized spacial score (nSPS) is 28.9. The topological polar surface area (TPSA) is 41.1 Å². The fourth-order valence-corrected chi connectivity index (χ4v) is 4.20. The zero-order valence-electron chi connectivity index (χ0n) is 11.9. The average molecular weight is 290 g/mol. The van der Waals surface area contributed by atoms with Gasteiger partial charge in [0, 0.05) is 30.5 Å². The van der Waals surface area contributed by atoms with Crippen molar-refractivity contribution in [2.75, 3.05) is 18.1 Å². The van der Waals surface area contributed by atoms with Crippen LogP contribution in [-0.2, 0) is 4.79 Å². The highest BCUT2D eigenvalue weighted by atomic mass is 32.2. The molecule has 0 bridgehead atoms. The molecule has 0 radical (unpaired) electrons. The Morgan fingerprint density at radius 2 is 2.20 bits per heavy atom. The van der Waals surface area contributed by atoms with E-state index in [-0.39, 0.29) is 11.9 Å². The summed E-state index contributed by atoms with van der Waals surface area (Å²) in [6.45, 7) is 3.26. The molecule has 0 unspecified atom stereocenters. The molecule has 1 aliphatic carbocycles. The smallest absolute Gasteiger partial charge is 0.222 e. The Hall–Kier alpha value is -1.00. The number of benzene rings is 1. The van der Waals surface area contributed by atoms with Gasteiger partial charge in [-0.3, -0.25) is 4.79 Å². The number of thioether (sulfide) groups is 1. The summed E-state index contributed by atoms with van der Waals surface area (Å²) in [4.78, 5) is 12.2. The van der Waals surface area contributed by atoms with Crippen molar-refractivity contribution in [1.82, 2.24) is 10.6 Å². The molecule has 1 heterocycles. The van der Waals surface area contributed by atoms with Crippen LogP contribution < -0.4 is 10.6 Å². The SMILES string of the molecule is C[C@@H]1C[C@@H](NC(=O)C[C@H]2CSCCN2)c2ccccc21. The van der Waals surface area contributed by atoms with E-state index in [1.54, 1.807) is 0 Å². The highest BCUT2D eigenvalue weighted by Gasteiger charge is 2.29. The molecule has 1 amide bonds. The third kappa shape index (κ3) is 3.01. The number of nitrogens with one attached hydrogen (secondary N) is 2.